The number of aryl methyl sites for hydroxylation is 3. The SMILES string of the molecule is Cc1cc(-c2cc(C)c(C)c(C)c2C)nc(C)c1C. The number of hydrogen-bond donors (Lipinski definition) is 0. The molecular formula is C18H23N. The second kappa shape index (κ2) is 4.80. The molecule has 19 heavy (non-hydrogen) atoms. The van der Waals surface area contributed by atoms with Gasteiger partial charge < -0.3 is 0 Å². The van der Waals surface area contributed by atoms with Crippen LogP contribution >= 0.6 is 0 Å². The molecule has 1 aromatic heterocycles. The zero-order chi connectivity index (χ0) is 14.3. The van der Waals surface area contributed by atoms with Gasteiger partial charge in [0.1, 0.15) is 0 Å². The highest BCUT2D eigenvalue weighted by Crippen LogP contribution is 2.30. The van der Waals surface area contributed by atoms with Gasteiger partial charge in [0.2, 0.25) is 0 Å². The standard InChI is InChI=1S/C18H23N/c1-10-8-17(15(6)14(5)12(10)3)18-9-11(2)13(4)16(7)19-18/h8-9H,1-7H3. The lowest BCUT2D eigenvalue weighted by molar-refractivity contribution is 1.11. The van der Waals surface area contributed by atoms with Crippen LogP contribution in [0.25, 0.3) is 11.3 Å². The fourth-order valence-electron chi connectivity index (χ4n) is 2.51. The average molecular weight is 253 g/mol. The summed E-state index contributed by atoms with van der Waals surface area (Å²) in [7, 11) is 0. The lowest BCUT2D eigenvalue weighted by Gasteiger charge is -2.15. The van der Waals surface area contributed by atoms with Crippen LogP contribution in [0.15, 0.2) is 12.1 Å². The van der Waals surface area contributed by atoms with Crippen molar-refractivity contribution >= 4 is 0 Å². The summed E-state index contributed by atoms with van der Waals surface area (Å²) >= 11 is 0. The Morgan fingerprint density at radius 1 is 0.632 bits per heavy atom. The predicted octanol–water partition coefficient (Wildman–Crippen LogP) is 4.91. The van der Waals surface area contributed by atoms with E-state index in [0.29, 0.717) is 0 Å². The summed E-state index contributed by atoms with van der Waals surface area (Å²) in [4.78, 5) is 4.78. The van der Waals surface area contributed by atoms with Gasteiger partial charge in [-0.2, -0.15) is 0 Å². The van der Waals surface area contributed by atoms with Crippen molar-refractivity contribution in [1.82, 2.24) is 4.98 Å². The number of hydrogen-bond acceptors (Lipinski definition) is 1. The number of benzene rings is 1. The van der Waals surface area contributed by atoms with E-state index < -0.39 is 0 Å². The minimum atomic E-state index is 1.10. The Balaban J connectivity index is 2.73. The summed E-state index contributed by atoms with van der Waals surface area (Å²) in [5.74, 6) is 0. The largest absolute Gasteiger partial charge is 0.253 e. The Morgan fingerprint density at radius 2 is 1.21 bits per heavy atom. The van der Waals surface area contributed by atoms with Gasteiger partial charge in [-0.05, 0) is 94.0 Å². The van der Waals surface area contributed by atoms with E-state index in [1.807, 2.05) is 0 Å². The third-order valence-electron chi connectivity index (χ3n) is 4.53. The van der Waals surface area contributed by atoms with Crippen molar-refractivity contribution in [3.63, 3.8) is 0 Å². The molecule has 0 aliphatic heterocycles. The van der Waals surface area contributed by atoms with Crippen LogP contribution in [0.2, 0.25) is 0 Å². The number of pyridine rings is 1. The van der Waals surface area contributed by atoms with E-state index in [9.17, 15) is 0 Å². The van der Waals surface area contributed by atoms with Crippen molar-refractivity contribution in [1.29, 1.82) is 0 Å². The van der Waals surface area contributed by atoms with Crippen LogP contribution < -0.4 is 0 Å². The van der Waals surface area contributed by atoms with Crippen LogP contribution in [0.4, 0.5) is 0 Å². The fraction of sp³-hybridized carbons (Fsp3) is 0.389. The molecule has 1 aromatic carbocycles. The second-order valence-corrected chi connectivity index (χ2v) is 5.65. The van der Waals surface area contributed by atoms with Gasteiger partial charge in [0, 0.05) is 11.3 Å². The first-order chi connectivity index (χ1) is 8.82. The summed E-state index contributed by atoms with van der Waals surface area (Å²) in [6, 6.07) is 4.48. The molecule has 0 spiro atoms. The van der Waals surface area contributed by atoms with Crippen molar-refractivity contribution in [3.05, 3.63) is 51.2 Å². The van der Waals surface area contributed by atoms with Gasteiger partial charge in [-0.3, -0.25) is 4.98 Å². The normalized spacial score (nSPS) is 10.9. The molecule has 2 aromatic rings. The summed E-state index contributed by atoms with van der Waals surface area (Å²) < 4.78 is 0. The topological polar surface area (TPSA) is 12.9 Å². The molecule has 0 aliphatic carbocycles. The van der Waals surface area contributed by atoms with Gasteiger partial charge in [0.05, 0.1) is 5.69 Å². The highest BCUT2D eigenvalue weighted by Gasteiger charge is 2.11. The van der Waals surface area contributed by atoms with Crippen molar-refractivity contribution in [2.24, 2.45) is 0 Å². The molecule has 0 aliphatic rings. The summed E-state index contributed by atoms with van der Waals surface area (Å²) in [5, 5.41) is 0. The molecule has 0 unspecified atom stereocenters. The molecule has 0 radical (unpaired) electrons. The monoisotopic (exact) mass is 253 g/mol. The number of aromatic nitrogens is 1. The van der Waals surface area contributed by atoms with Crippen LogP contribution in [0, 0.1) is 48.5 Å². The Labute approximate surface area is 116 Å². The van der Waals surface area contributed by atoms with E-state index in [0.717, 1.165) is 11.4 Å². The van der Waals surface area contributed by atoms with Gasteiger partial charge in [-0.15, -0.1) is 0 Å². The van der Waals surface area contributed by atoms with E-state index >= 15 is 0 Å². The van der Waals surface area contributed by atoms with E-state index in [-0.39, 0.29) is 0 Å². The smallest absolute Gasteiger partial charge is 0.0710 e. The quantitative estimate of drug-likeness (QED) is 0.704. The summed E-state index contributed by atoms with van der Waals surface area (Å²) in [5.41, 5.74) is 11.6. The number of nitrogens with zero attached hydrogens (tertiary/aromatic N) is 1. The molecular weight excluding hydrogens is 230 g/mol. The molecule has 0 fully saturated rings. The van der Waals surface area contributed by atoms with Gasteiger partial charge in [-0.1, -0.05) is 0 Å². The first-order valence-corrected chi connectivity index (χ1v) is 6.85. The first-order valence-electron chi connectivity index (χ1n) is 6.85. The molecule has 0 saturated heterocycles. The minimum absolute atomic E-state index is 1.10. The van der Waals surface area contributed by atoms with Crippen molar-refractivity contribution in [2.45, 2.75) is 48.5 Å². The van der Waals surface area contributed by atoms with Crippen LogP contribution in [0.3, 0.4) is 0 Å². The van der Waals surface area contributed by atoms with E-state index in [1.165, 1.54) is 38.9 Å². The van der Waals surface area contributed by atoms with Crippen LogP contribution in [0.5, 0.6) is 0 Å². The molecule has 1 heterocycles. The van der Waals surface area contributed by atoms with Crippen molar-refractivity contribution in [3.8, 4) is 11.3 Å². The lowest BCUT2D eigenvalue weighted by Crippen LogP contribution is -1.99. The Hall–Kier alpha value is -1.63. The maximum absolute atomic E-state index is 4.78. The van der Waals surface area contributed by atoms with Crippen LogP contribution in [0.1, 0.15) is 39.1 Å². The van der Waals surface area contributed by atoms with Gasteiger partial charge in [0.25, 0.3) is 0 Å². The first kappa shape index (κ1) is 13.8. The minimum Gasteiger partial charge on any atom is -0.253 e. The molecule has 1 heteroatoms. The molecule has 0 amide bonds. The maximum atomic E-state index is 4.78. The molecule has 1 nitrogen and oxygen atoms in total. The maximum Gasteiger partial charge on any atom is 0.0710 e. The van der Waals surface area contributed by atoms with Crippen LogP contribution in [-0.2, 0) is 0 Å². The third kappa shape index (κ3) is 2.30. The van der Waals surface area contributed by atoms with Crippen molar-refractivity contribution < 1.29 is 0 Å². The second-order valence-electron chi connectivity index (χ2n) is 5.65. The highest BCUT2D eigenvalue weighted by molar-refractivity contribution is 5.68. The van der Waals surface area contributed by atoms with E-state index in [1.54, 1.807) is 0 Å². The van der Waals surface area contributed by atoms with Gasteiger partial charge in [-0.25, -0.2) is 0 Å². The fourth-order valence-corrected chi connectivity index (χ4v) is 2.51. The van der Waals surface area contributed by atoms with Crippen LogP contribution in [-0.4, -0.2) is 4.98 Å². The zero-order valence-electron chi connectivity index (χ0n) is 13.1. The Bertz CT molecular complexity index is 628. The van der Waals surface area contributed by atoms with Gasteiger partial charge >= 0.3 is 0 Å². The average Bonchev–Trinajstić information content (AvgIpc) is 2.37. The van der Waals surface area contributed by atoms with E-state index in [4.69, 9.17) is 4.98 Å². The number of rotatable bonds is 1. The summed E-state index contributed by atoms with van der Waals surface area (Å²) in [6.45, 7) is 15.2. The molecule has 2 rings (SSSR count). The lowest BCUT2D eigenvalue weighted by atomic mass is 9.92. The highest BCUT2D eigenvalue weighted by atomic mass is 14.7. The van der Waals surface area contributed by atoms with E-state index in [2.05, 4.69) is 60.6 Å². The molecule has 0 bridgehead atoms. The van der Waals surface area contributed by atoms with Crippen molar-refractivity contribution in [2.75, 3.05) is 0 Å². The molecule has 0 N–H and O–H groups in total. The predicted molar refractivity (Wildman–Crippen MR) is 82.8 cm³/mol. The molecule has 0 atom stereocenters. The molecule has 0 saturated carbocycles. The third-order valence-corrected chi connectivity index (χ3v) is 4.53. The summed E-state index contributed by atoms with van der Waals surface area (Å²) in [6.07, 6.45) is 0. The Morgan fingerprint density at radius 3 is 1.79 bits per heavy atom. The molecule has 100 valence electrons. The zero-order valence-corrected chi connectivity index (χ0v) is 13.1. The Kier molecular flexibility index (Phi) is 3.49. The van der Waals surface area contributed by atoms with Gasteiger partial charge in [0.15, 0.2) is 0 Å².